The van der Waals surface area contributed by atoms with Crippen LogP contribution >= 0.6 is 0 Å². The van der Waals surface area contributed by atoms with Gasteiger partial charge < -0.3 is 15.4 Å². The molecule has 0 saturated carbocycles. The number of rotatable bonds is 2. The summed E-state index contributed by atoms with van der Waals surface area (Å²) in [6.07, 6.45) is 0. The van der Waals surface area contributed by atoms with Gasteiger partial charge in [0.15, 0.2) is 5.72 Å². The van der Waals surface area contributed by atoms with Crippen LogP contribution in [0.1, 0.15) is 20.8 Å². The van der Waals surface area contributed by atoms with Crippen molar-refractivity contribution in [1.29, 1.82) is 0 Å². The third-order valence-corrected chi connectivity index (χ3v) is 2.55. The second kappa shape index (κ2) is 3.03. The van der Waals surface area contributed by atoms with Crippen LogP contribution in [-0.4, -0.2) is 30.2 Å². The van der Waals surface area contributed by atoms with Gasteiger partial charge in [0.2, 0.25) is 0 Å². The van der Waals surface area contributed by atoms with Crippen molar-refractivity contribution in [3.8, 4) is 0 Å². The molecule has 1 aliphatic heterocycles. The number of nitrogens with two attached hydrogens (primary N) is 1. The number of hydrogen-bond donors (Lipinski definition) is 1. The zero-order valence-electron chi connectivity index (χ0n) is 8.55. The van der Waals surface area contributed by atoms with Crippen LogP contribution in [-0.2, 0) is 9.53 Å². The van der Waals surface area contributed by atoms with Crippen molar-refractivity contribution >= 4 is 5.91 Å². The number of likely N-dealkylation sites (tertiary alicyclic amines) is 1. The highest BCUT2D eigenvalue weighted by Gasteiger charge is 2.53. The summed E-state index contributed by atoms with van der Waals surface area (Å²) < 4.78 is 5.29. The molecule has 0 aromatic carbocycles. The van der Waals surface area contributed by atoms with Crippen molar-refractivity contribution < 1.29 is 9.53 Å². The quantitative estimate of drug-likeness (QED) is 0.500. The van der Waals surface area contributed by atoms with E-state index in [4.69, 9.17) is 10.5 Å². The van der Waals surface area contributed by atoms with Gasteiger partial charge >= 0.3 is 0 Å². The standard InChI is InChI=1S/C9H16N2O2/c1-5-11-8(12)7(6(2)10)9(11,3)13-4/h5,10H2,1-4H3/b7-6+. The Labute approximate surface area is 78.3 Å². The number of carbonyl (C=O) groups is 1. The van der Waals surface area contributed by atoms with E-state index in [0.29, 0.717) is 17.8 Å². The molecular formula is C9H16N2O2. The molecule has 0 bridgehead atoms. The number of β-lactam (4-membered cyclic amide) rings is 1. The fourth-order valence-corrected chi connectivity index (χ4v) is 1.80. The number of methoxy groups -OCH3 is 1. The lowest BCUT2D eigenvalue weighted by atomic mass is 9.89. The van der Waals surface area contributed by atoms with Gasteiger partial charge in [-0.2, -0.15) is 0 Å². The Bertz CT molecular complexity index is 269. The second-order valence-electron chi connectivity index (χ2n) is 3.29. The molecule has 1 fully saturated rings. The molecule has 0 aliphatic carbocycles. The number of allylic oxidation sites excluding steroid dienone is 1. The molecule has 74 valence electrons. The molecule has 1 saturated heterocycles. The Morgan fingerprint density at radius 1 is 1.69 bits per heavy atom. The van der Waals surface area contributed by atoms with Crippen LogP contribution in [0.2, 0.25) is 0 Å². The minimum absolute atomic E-state index is 0.0214. The lowest BCUT2D eigenvalue weighted by molar-refractivity contribution is -0.176. The molecule has 1 amide bonds. The highest BCUT2D eigenvalue weighted by molar-refractivity contribution is 6.03. The van der Waals surface area contributed by atoms with E-state index in [2.05, 4.69) is 0 Å². The molecule has 2 N–H and O–H groups in total. The van der Waals surface area contributed by atoms with Gasteiger partial charge in [0.05, 0.1) is 5.57 Å². The van der Waals surface area contributed by atoms with Crippen molar-refractivity contribution in [1.82, 2.24) is 4.90 Å². The Morgan fingerprint density at radius 3 is 2.54 bits per heavy atom. The third kappa shape index (κ3) is 1.13. The molecule has 0 aromatic heterocycles. The van der Waals surface area contributed by atoms with Crippen molar-refractivity contribution in [2.45, 2.75) is 26.5 Å². The topological polar surface area (TPSA) is 55.6 Å². The minimum Gasteiger partial charge on any atom is -0.402 e. The summed E-state index contributed by atoms with van der Waals surface area (Å²) in [4.78, 5) is 13.2. The maximum atomic E-state index is 11.5. The van der Waals surface area contributed by atoms with Crippen molar-refractivity contribution in [3.05, 3.63) is 11.3 Å². The molecule has 0 spiro atoms. The predicted octanol–water partition coefficient (Wildman–Crippen LogP) is 0.444. The first-order chi connectivity index (χ1) is 5.99. The molecule has 13 heavy (non-hydrogen) atoms. The fraction of sp³-hybridized carbons (Fsp3) is 0.667. The second-order valence-corrected chi connectivity index (χ2v) is 3.29. The van der Waals surface area contributed by atoms with Crippen LogP contribution in [0, 0.1) is 0 Å². The van der Waals surface area contributed by atoms with Crippen LogP contribution in [0.5, 0.6) is 0 Å². The van der Waals surface area contributed by atoms with Gasteiger partial charge in [-0.15, -0.1) is 0 Å². The maximum Gasteiger partial charge on any atom is 0.258 e. The van der Waals surface area contributed by atoms with Gasteiger partial charge in [0.1, 0.15) is 0 Å². The largest absolute Gasteiger partial charge is 0.402 e. The maximum absolute atomic E-state index is 11.5. The van der Waals surface area contributed by atoms with Crippen molar-refractivity contribution in [3.63, 3.8) is 0 Å². The average molecular weight is 184 g/mol. The van der Waals surface area contributed by atoms with Crippen LogP contribution in [0.15, 0.2) is 11.3 Å². The summed E-state index contributed by atoms with van der Waals surface area (Å²) >= 11 is 0. The Hall–Kier alpha value is -1.03. The molecule has 0 aromatic rings. The van der Waals surface area contributed by atoms with Crippen LogP contribution in [0.25, 0.3) is 0 Å². The van der Waals surface area contributed by atoms with Crippen LogP contribution in [0.3, 0.4) is 0 Å². The number of likely N-dealkylation sites (N-methyl/N-ethyl adjacent to an activating group) is 1. The van der Waals surface area contributed by atoms with Gasteiger partial charge in [-0.25, -0.2) is 0 Å². The van der Waals surface area contributed by atoms with E-state index in [1.165, 1.54) is 0 Å². The molecule has 1 rings (SSSR count). The Morgan fingerprint density at radius 2 is 2.23 bits per heavy atom. The summed E-state index contributed by atoms with van der Waals surface area (Å²) in [5, 5.41) is 0. The monoisotopic (exact) mass is 184 g/mol. The fourth-order valence-electron chi connectivity index (χ4n) is 1.80. The molecule has 4 nitrogen and oxygen atoms in total. The first-order valence-electron chi connectivity index (χ1n) is 4.33. The molecule has 1 atom stereocenters. The van der Waals surface area contributed by atoms with Gasteiger partial charge in [-0.3, -0.25) is 4.79 Å². The smallest absolute Gasteiger partial charge is 0.258 e. The zero-order valence-corrected chi connectivity index (χ0v) is 8.55. The highest BCUT2D eigenvalue weighted by atomic mass is 16.5. The summed E-state index contributed by atoms with van der Waals surface area (Å²) in [6.45, 7) is 6.12. The summed E-state index contributed by atoms with van der Waals surface area (Å²) in [7, 11) is 1.58. The predicted molar refractivity (Wildman–Crippen MR) is 49.7 cm³/mol. The van der Waals surface area contributed by atoms with E-state index < -0.39 is 5.72 Å². The minimum atomic E-state index is -0.620. The first kappa shape index (κ1) is 10.1. The lowest BCUT2D eigenvalue weighted by Crippen LogP contribution is -2.65. The Kier molecular flexibility index (Phi) is 2.34. The highest BCUT2D eigenvalue weighted by Crippen LogP contribution is 2.38. The summed E-state index contributed by atoms with van der Waals surface area (Å²) in [5.41, 5.74) is 6.11. The average Bonchev–Trinajstić information content (AvgIpc) is 2.03. The van der Waals surface area contributed by atoms with E-state index in [9.17, 15) is 4.79 Å². The van der Waals surface area contributed by atoms with Crippen molar-refractivity contribution in [2.24, 2.45) is 5.73 Å². The number of nitrogens with zero attached hydrogens (tertiary/aromatic N) is 1. The van der Waals surface area contributed by atoms with E-state index in [1.807, 2.05) is 13.8 Å². The number of ether oxygens (including phenoxy) is 1. The van der Waals surface area contributed by atoms with Gasteiger partial charge in [0, 0.05) is 19.4 Å². The van der Waals surface area contributed by atoms with Gasteiger partial charge in [0.25, 0.3) is 5.91 Å². The molecule has 1 unspecified atom stereocenters. The SMILES string of the molecule is CCN1C(=O)/C(=C(/C)N)C1(C)OC. The Balaban J connectivity index is 3.05. The van der Waals surface area contributed by atoms with Gasteiger partial charge in [-0.1, -0.05) is 0 Å². The molecule has 0 radical (unpaired) electrons. The van der Waals surface area contributed by atoms with E-state index in [-0.39, 0.29) is 5.91 Å². The molecular weight excluding hydrogens is 168 g/mol. The van der Waals surface area contributed by atoms with E-state index in [1.54, 1.807) is 18.9 Å². The van der Waals surface area contributed by atoms with E-state index >= 15 is 0 Å². The third-order valence-electron chi connectivity index (χ3n) is 2.55. The first-order valence-corrected chi connectivity index (χ1v) is 4.33. The number of hydrogen-bond acceptors (Lipinski definition) is 3. The molecule has 1 heterocycles. The van der Waals surface area contributed by atoms with Crippen LogP contribution in [0.4, 0.5) is 0 Å². The summed E-state index contributed by atoms with van der Waals surface area (Å²) in [5.74, 6) is -0.0214. The zero-order chi connectivity index (χ0) is 10.2. The molecule has 1 aliphatic rings. The molecule has 4 heteroatoms. The summed E-state index contributed by atoms with van der Waals surface area (Å²) in [6, 6.07) is 0. The number of carbonyl (C=O) groups excluding carboxylic acids is 1. The van der Waals surface area contributed by atoms with Gasteiger partial charge in [-0.05, 0) is 20.8 Å². The van der Waals surface area contributed by atoms with Crippen LogP contribution < -0.4 is 5.73 Å². The van der Waals surface area contributed by atoms with Crippen molar-refractivity contribution in [2.75, 3.05) is 13.7 Å². The normalized spacial score (nSPS) is 31.7. The van der Waals surface area contributed by atoms with E-state index in [0.717, 1.165) is 0 Å². The number of amides is 1. The lowest BCUT2D eigenvalue weighted by Gasteiger charge is -2.50.